The minimum atomic E-state index is -0.152. The van der Waals surface area contributed by atoms with E-state index in [1.165, 1.54) is 5.56 Å². The highest BCUT2D eigenvalue weighted by Gasteiger charge is 2.10. The molecule has 0 spiro atoms. The number of rotatable bonds is 8. The van der Waals surface area contributed by atoms with Gasteiger partial charge in [-0.15, -0.1) is 0 Å². The van der Waals surface area contributed by atoms with Crippen molar-refractivity contribution < 1.29 is 9.53 Å². The summed E-state index contributed by atoms with van der Waals surface area (Å²) >= 11 is 5.89. The van der Waals surface area contributed by atoms with Gasteiger partial charge in [0.05, 0.1) is 13.0 Å². The van der Waals surface area contributed by atoms with Crippen LogP contribution in [0.4, 0.5) is 0 Å². The Morgan fingerprint density at radius 3 is 2.58 bits per heavy atom. The highest BCUT2D eigenvalue weighted by atomic mass is 35.5. The van der Waals surface area contributed by atoms with E-state index >= 15 is 0 Å². The first-order valence-electron chi connectivity index (χ1n) is 6.81. The van der Waals surface area contributed by atoms with Crippen LogP contribution in [0.25, 0.3) is 0 Å². The van der Waals surface area contributed by atoms with E-state index in [-0.39, 0.29) is 12.0 Å². The number of hydrogen-bond donors (Lipinski definition) is 1. The van der Waals surface area contributed by atoms with Crippen molar-refractivity contribution in [3.8, 4) is 0 Å². The lowest BCUT2D eigenvalue weighted by atomic mass is 10.0. The Bertz CT molecular complexity index is 378. The number of ether oxygens (including phenoxy) is 1. The molecule has 3 nitrogen and oxygen atoms in total. The molecule has 0 aliphatic heterocycles. The number of esters is 1. The van der Waals surface area contributed by atoms with Gasteiger partial charge in [-0.2, -0.15) is 0 Å². The van der Waals surface area contributed by atoms with Crippen molar-refractivity contribution in [2.75, 3.05) is 13.2 Å². The zero-order chi connectivity index (χ0) is 14.1. The predicted octanol–water partition coefficient (Wildman–Crippen LogP) is 3.72. The fourth-order valence-electron chi connectivity index (χ4n) is 1.95. The SMILES string of the molecule is CCCC(NCCC(=O)OCC)c1ccc(Cl)cc1. The summed E-state index contributed by atoms with van der Waals surface area (Å²) in [5.74, 6) is -0.152. The molecule has 106 valence electrons. The zero-order valence-electron chi connectivity index (χ0n) is 11.6. The third-order valence-corrected chi connectivity index (χ3v) is 3.13. The molecule has 0 bridgehead atoms. The summed E-state index contributed by atoms with van der Waals surface area (Å²) in [6.45, 7) is 5.04. The lowest BCUT2D eigenvalue weighted by molar-refractivity contribution is -0.143. The van der Waals surface area contributed by atoms with Gasteiger partial charge >= 0.3 is 5.97 Å². The lowest BCUT2D eigenvalue weighted by Gasteiger charge is -2.18. The maximum absolute atomic E-state index is 11.3. The summed E-state index contributed by atoms with van der Waals surface area (Å²) in [6, 6.07) is 8.11. The fraction of sp³-hybridized carbons (Fsp3) is 0.533. The van der Waals surface area contributed by atoms with Crippen LogP contribution in [0.1, 0.15) is 44.7 Å². The standard InChI is InChI=1S/C15H22ClNO2/c1-3-5-14(12-6-8-13(16)9-7-12)17-11-10-15(18)19-4-2/h6-9,14,17H,3-5,10-11H2,1-2H3. The molecule has 0 fully saturated rings. The molecule has 0 aliphatic rings. The Balaban J connectivity index is 2.48. The van der Waals surface area contributed by atoms with Crippen molar-refractivity contribution in [1.82, 2.24) is 5.32 Å². The largest absolute Gasteiger partial charge is 0.466 e. The van der Waals surface area contributed by atoms with Gasteiger partial charge in [0, 0.05) is 17.6 Å². The monoisotopic (exact) mass is 283 g/mol. The van der Waals surface area contributed by atoms with E-state index in [4.69, 9.17) is 16.3 Å². The van der Waals surface area contributed by atoms with Crippen LogP contribution in [-0.4, -0.2) is 19.1 Å². The number of carbonyl (C=O) groups is 1. The van der Waals surface area contributed by atoms with E-state index in [9.17, 15) is 4.79 Å². The molecule has 1 unspecified atom stereocenters. The Labute approximate surface area is 120 Å². The van der Waals surface area contributed by atoms with Gasteiger partial charge in [-0.1, -0.05) is 37.1 Å². The highest BCUT2D eigenvalue weighted by molar-refractivity contribution is 6.30. The molecule has 0 saturated heterocycles. The van der Waals surface area contributed by atoms with Crippen LogP contribution < -0.4 is 5.32 Å². The molecule has 1 N–H and O–H groups in total. The molecule has 4 heteroatoms. The third-order valence-electron chi connectivity index (χ3n) is 2.87. The molecular formula is C15H22ClNO2. The molecule has 19 heavy (non-hydrogen) atoms. The van der Waals surface area contributed by atoms with Gasteiger partial charge in [-0.3, -0.25) is 4.79 Å². The molecule has 0 aromatic heterocycles. The molecule has 1 aromatic rings. The molecule has 1 atom stereocenters. The topological polar surface area (TPSA) is 38.3 Å². The van der Waals surface area contributed by atoms with Crippen LogP contribution in [0, 0.1) is 0 Å². The number of benzene rings is 1. The van der Waals surface area contributed by atoms with Crippen LogP contribution in [-0.2, 0) is 9.53 Å². The molecule has 0 saturated carbocycles. The second-order valence-electron chi connectivity index (χ2n) is 4.40. The number of carbonyl (C=O) groups excluding carboxylic acids is 1. The summed E-state index contributed by atoms with van der Waals surface area (Å²) in [4.78, 5) is 11.3. The van der Waals surface area contributed by atoms with Crippen molar-refractivity contribution >= 4 is 17.6 Å². The minimum Gasteiger partial charge on any atom is -0.466 e. The molecule has 0 heterocycles. The van der Waals surface area contributed by atoms with Gasteiger partial charge in [-0.25, -0.2) is 0 Å². The van der Waals surface area contributed by atoms with Crippen molar-refractivity contribution in [3.63, 3.8) is 0 Å². The maximum atomic E-state index is 11.3. The Morgan fingerprint density at radius 1 is 1.32 bits per heavy atom. The highest BCUT2D eigenvalue weighted by Crippen LogP contribution is 2.20. The first-order chi connectivity index (χ1) is 9.17. The second-order valence-corrected chi connectivity index (χ2v) is 4.84. The predicted molar refractivity (Wildman–Crippen MR) is 78.4 cm³/mol. The van der Waals surface area contributed by atoms with E-state index in [0.29, 0.717) is 19.6 Å². The van der Waals surface area contributed by atoms with Gasteiger partial charge < -0.3 is 10.1 Å². The molecule has 1 aromatic carbocycles. The number of hydrogen-bond acceptors (Lipinski definition) is 3. The molecule has 0 aliphatic carbocycles. The Morgan fingerprint density at radius 2 is 2.00 bits per heavy atom. The van der Waals surface area contributed by atoms with E-state index in [1.54, 1.807) is 0 Å². The van der Waals surface area contributed by atoms with E-state index in [2.05, 4.69) is 12.2 Å². The first kappa shape index (κ1) is 16.0. The average Bonchev–Trinajstić information content (AvgIpc) is 2.39. The van der Waals surface area contributed by atoms with Gasteiger partial charge in [0.2, 0.25) is 0 Å². The summed E-state index contributed by atoms with van der Waals surface area (Å²) < 4.78 is 4.91. The maximum Gasteiger partial charge on any atom is 0.307 e. The minimum absolute atomic E-state index is 0.152. The molecular weight excluding hydrogens is 262 g/mol. The molecule has 0 radical (unpaired) electrons. The molecule has 1 rings (SSSR count). The van der Waals surface area contributed by atoms with Crippen LogP contribution >= 0.6 is 11.6 Å². The Kier molecular flexibility index (Phi) is 7.53. The van der Waals surface area contributed by atoms with Crippen molar-refractivity contribution in [1.29, 1.82) is 0 Å². The first-order valence-corrected chi connectivity index (χ1v) is 7.19. The van der Waals surface area contributed by atoms with Crippen molar-refractivity contribution in [2.45, 2.75) is 39.2 Å². The van der Waals surface area contributed by atoms with Crippen LogP contribution in [0.5, 0.6) is 0 Å². The van der Waals surface area contributed by atoms with Gasteiger partial charge in [0.25, 0.3) is 0 Å². The third kappa shape index (κ3) is 6.08. The summed E-state index contributed by atoms with van der Waals surface area (Å²) in [5, 5.41) is 4.14. The smallest absolute Gasteiger partial charge is 0.307 e. The van der Waals surface area contributed by atoms with Gasteiger partial charge in [0.15, 0.2) is 0 Å². The summed E-state index contributed by atoms with van der Waals surface area (Å²) in [6.07, 6.45) is 2.52. The van der Waals surface area contributed by atoms with Gasteiger partial charge in [-0.05, 0) is 31.0 Å². The summed E-state index contributed by atoms with van der Waals surface area (Å²) in [5.41, 5.74) is 1.20. The number of nitrogens with one attached hydrogen (secondary N) is 1. The van der Waals surface area contributed by atoms with Gasteiger partial charge in [0.1, 0.15) is 0 Å². The van der Waals surface area contributed by atoms with Crippen molar-refractivity contribution in [2.24, 2.45) is 0 Å². The number of halogens is 1. The average molecular weight is 284 g/mol. The zero-order valence-corrected chi connectivity index (χ0v) is 12.4. The summed E-state index contributed by atoms with van der Waals surface area (Å²) in [7, 11) is 0. The quantitative estimate of drug-likeness (QED) is 0.739. The van der Waals surface area contributed by atoms with Crippen LogP contribution in [0.2, 0.25) is 5.02 Å². The Hall–Kier alpha value is -1.06. The van der Waals surface area contributed by atoms with Crippen molar-refractivity contribution in [3.05, 3.63) is 34.9 Å². The second kappa shape index (κ2) is 8.94. The van der Waals surface area contributed by atoms with Crippen LogP contribution in [0.15, 0.2) is 24.3 Å². The van der Waals surface area contributed by atoms with E-state index in [0.717, 1.165) is 17.9 Å². The normalized spacial score (nSPS) is 12.2. The fourth-order valence-corrected chi connectivity index (χ4v) is 2.08. The van der Waals surface area contributed by atoms with E-state index in [1.807, 2.05) is 31.2 Å². The molecule has 0 amide bonds. The van der Waals surface area contributed by atoms with E-state index < -0.39 is 0 Å². The lowest BCUT2D eigenvalue weighted by Crippen LogP contribution is -2.24. The van der Waals surface area contributed by atoms with Crippen LogP contribution in [0.3, 0.4) is 0 Å².